The minimum Gasteiger partial charge on any atom is -0.356 e. The van der Waals surface area contributed by atoms with Gasteiger partial charge in [-0.1, -0.05) is 13.8 Å². The Bertz CT molecular complexity index is 159. The average molecular weight is 183 g/mol. The van der Waals surface area contributed by atoms with Crippen molar-refractivity contribution >= 4 is 5.91 Å². The first kappa shape index (κ1) is 10.6. The number of carbonyl (C=O) groups is 1. The molecule has 0 aromatic heterocycles. The lowest BCUT2D eigenvalue weighted by atomic mass is 9.82. The third kappa shape index (κ3) is 3.37. The molecule has 2 nitrogen and oxygen atoms in total. The summed E-state index contributed by atoms with van der Waals surface area (Å²) in [5, 5.41) is 2.98. The Kier molecular flexibility index (Phi) is 4.26. The predicted octanol–water partition coefficient (Wildman–Crippen LogP) is 2.34. The lowest BCUT2D eigenvalue weighted by molar-refractivity contribution is -0.126. The summed E-state index contributed by atoms with van der Waals surface area (Å²) < 4.78 is 0. The Labute approximate surface area is 81.1 Å². The molecule has 1 saturated carbocycles. The maximum atomic E-state index is 11.6. The quantitative estimate of drug-likeness (QED) is 0.715. The van der Waals surface area contributed by atoms with E-state index in [2.05, 4.69) is 19.2 Å². The van der Waals surface area contributed by atoms with Gasteiger partial charge in [0.25, 0.3) is 0 Å². The number of hydrogen-bond acceptors (Lipinski definition) is 1. The van der Waals surface area contributed by atoms with E-state index in [4.69, 9.17) is 0 Å². The van der Waals surface area contributed by atoms with Crippen LogP contribution in [0.5, 0.6) is 0 Å². The lowest BCUT2D eigenvalue weighted by Crippen LogP contribution is -2.33. The highest BCUT2D eigenvalue weighted by Gasteiger charge is 2.23. The third-order valence-electron chi connectivity index (χ3n) is 2.94. The zero-order valence-electron chi connectivity index (χ0n) is 8.81. The highest BCUT2D eigenvalue weighted by molar-refractivity contribution is 5.78. The molecule has 1 amide bonds. The SMILES string of the molecule is CCCNC(=O)C1CCC(C)CC1. The molecule has 0 aromatic rings. The van der Waals surface area contributed by atoms with Crippen LogP contribution < -0.4 is 5.32 Å². The summed E-state index contributed by atoms with van der Waals surface area (Å²) in [7, 11) is 0. The van der Waals surface area contributed by atoms with Crippen LogP contribution in [0.2, 0.25) is 0 Å². The van der Waals surface area contributed by atoms with E-state index in [1.807, 2.05) is 0 Å². The molecule has 13 heavy (non-hydrogen) atoms. The lowest BCUT2D eigenvalue weighted by Gasteiger charge is -2.25. The minimum atomic E-state index is 0.286. The standard InChI is InChI=1S/C11H21NO/c1-3-8-12-11(13)10-6-4-9(2)5-7-10/h9-10H,3-8H2,1-2H3,(H,12,13). The fraction of sp³-hybridized carbons (Fsp3) is 0.909. The van der Waals surface area contributed by atoms with E-state index in [1.165, 1.54) is 12.8 Å². The van der Waals surface area contributed by atoms with E-state index in [-0.39, 0.29) is 5.91 Å². The first-order valence-corrected chi connectivity index (χ1v) is 5.51. The van der Waals surface area contributed by atoms with Crippen molar-refractivity contribution in [1.29, 1.82) is 0 Å². The van der Waals surface area contributed by atoms with Gasteiger partial charge in [0.1, 0.15) is 0 Å². The Hall–Kier alpha value is -0.530. The maximum absolute atomic E-state index is 11.6. The van der Waals surface area contributed by atoms with Crippen LogP contribution >= 0.6 is 0 Å². The van der Waals surface area contributed by atoms with Gasteiger partial charge >= 0.3 is 0 Å². The van der Waals surface area contributed by atoms with Crippen LogP contribution in [-0.2, 0) is 4.79 Å². The van der Waals surface area contributed by atoms with Crippen LogP contribution in [0.4, 0.5) is 0 Å². The fourth-order valence-electron chi connectivity index (χ4n) is 1.91. The van der Waals surface area contributed by atoms with E-state index >= 15 is 0 Å². The predicted molar refractivity (Wildman–Crippen MR) is 54.4 cm³/mol. The molecule has 0 aliphatic heterocycles. The van der Waals surface area contributed by atoms with E-state index < -0.39 is 0 Å². The first-order valence-electron chi connectivity index (χ1n) is 5.51. The number of hydrogen-bond donors (Lipinski definition) is 1. The molecule has 0 bridgehead atoms. The number of amides is 1. The highest BCUT2D eigenvalue weighted by atomic mass is 16.1. The summed E-state index contributed by atoms with van der Waals surface area (Å²) in [5.74, 6) is 1.42. The van der Waals surface area contributed by atoms with Crippen LogP contribution in [0.15, 0.2) is 0 Å². The molecular weight excluding hydrogens is 162 g/mol. The third-order valence-corrected chi connectivity index (χ3v) is 2.94. The van der Waals surface area contributed by atoms with Crippen molar-refractivity contribution in [2.75, 3.05) is 6.54 Å². The smallest absolute Gasteiger partial charge is 0.223 e. The second kappa shape index (κ2) is 5.25. The molecule has 76 valence electrons. The van der Waals surface area contributed by atoms with Gasteiger partial charge in [-0.05, 0) is 38.0 Å². The van der Waals surface area contributed by atoms with Gasteiger partial charge in [-0.2, -0.15) is 0 Å². The molecule has 0 unspecified atom stereocenters. The molecule has 0 saturated heterocycles. The van der Waals surface area contributed by atoms with Gasteiger partial charge in [-0.3, -0.25) is 4.79 Å². The van der Waals surface area contributed by atoms with Crippen molar-refractivity contribution in [1.82, 2.24) is 5.32 Å². The van der Waals surface area contributed by atoms with Crippen molar-refractivity contribution in [3.63, 3.8) is 0 Å². The molecule has 1 rings (SSSR count). The van der Waals surface area contributed by atoms with Crippen molar-refractivity contribution in [2.24, 2.45) is 11.8 Å². The summed E-state index contributed by atoms with van der Waals surface area (Å²) in [6.45, 7) is 5.20. The van der Waals surface area contributed by atoms with Gasteiger partial charge in [0, 0.05) is 12.5 Å². The maximum Gasteiger partial charge on any atom is 0.223 e. The van der Waals surface area contributed by atoms with Crippen LogP contribution in [0.25, 0.3) is 0 Å². The second-order valence-electron chi connectivity index (χ2n) is 4.25. The first-order chi connectivity index (χ1) is 6.24. The largest absolute Gasteiger partial charge is 0.356 e. The van der Waals surface area contributed by atoms with Crippen LogP contribution in [0.3, 0.4) is 0 Å². The summed E-state index contributed by atoms with van der Waals surface area (Å²) >= 11 is 0. The van der Waals surface area contributed by atoms with Crippen LogP contribution in [0.1, 0.15) is 46.0 Å². The zero-order chi connectivity index (χ0) is 9.68. The van der Waals surface area contributed by atoms with Crippen molar-refractivity contribution < 1.29 is 4.79 Å². The van der Waals surface area contributed by atoms with E-state index in [1.54, 1.807) is 0 Å². The van der Waals surface area contributed by atoms with Crippen LogP contribution in [0, 0.1) is 11.8 Å². The zero-order valence-corrected chi connectivity index (χ0v) is 8.81. The molecule has 0 aromatic carbocycles. The molecule has 1 aliphatic carbocycles. The van der Waals surface area contributed by atoms with Crippen LogP contribution in [-0.4, -0.2) is 12.5 Å². The summed E-state index contributed by atoms with van der Waals surface area (Å²) in [4.78, 5) is 11.6. The van der Waals surface area contributed by atoms with Crippen molar-refractivity contribution in [2.45, 2.75) is 46.0 Å². The van der Waals surface area contributed by atoms with Gasteiger partial charge in [-0.15, -0.1) is 0 Å². The van der Waals surface area contributed by atoms with E-state index in [9.17, 15) is 4.79 Å². The van der Waals surface area contributed by atoms with E-state index in [0.717, 1.165) is 31.7 Å². The fourth-order valence-corrected chi connectivity index (χ4v) is 1.91. The molecule has 0 radical (unpaired) electrons. The molecule has 2 heteroatoms. The van der Waals surface area contributed by atoms with E-state index in [0.29, 0.717) is 5.92 Å². The Morgan fingerprint density at radius 3 is 2.46 bits per heavy atom. The summed E-state index contributed by atoms with van der Waals surface area (Å²) in [6, 6.07) is 0. The van der Waals surface area contributed by atoms with Crippen molar-refractivity contribution in [3.8, 4) is 0 Å². The molecular formula is C11H21NO. The molecule has 0 spiro atoms. The van der Waals surface area contributed by atoms with Gasteiger partial charge in [0.15, 0.2) is 0 Å². The molecule has 0 atom stereocenters. The Morgan fingerprint density at radius 1 is 1.31 bits per heavy atom. The topological polar surface area (TPSA) is 29.1 Å². The summed E-state index contributed by atoms with van der Waals surface area (Å²) in [5.41, 5.74) is 0. The van der Waals surface area contributed by atoms with Crippen molar-refractivity contribution in [3.05, 3.63) is 0 Å². The molecule has 1 N–H and O–H groups in total. The molecule has 0 heterocycles. The summed E-state index contributed by atoms with van der Waals surface area (Å²) in [6.07, 6.45) is 5.68. The normalized spacial score (nSPS) is 28.5. The molecule has 1 aliphatic rings. The Morgan fingerprint density at radius 2 is 1.92 bits per heavy atom. The highest BCUT2D eigenvalue weighted by Crippen LogP contribution is 2.28. The van der Waals surface area contributed by atoms with Gasteiger partial charge in [0.05, 0.1) is 0 Å². The molecule has 1 fully saturated rings. The number of carbonyl (C=O) groups excluding carboxylic acids is 1. The second-order valence-corrected chi connectivity index (χ2v) is 4.25. The number of nitrogens with one attached hydrogen (secondary N) is 1. The average Bonchev–Trinajstić information content (AvgIpc) is 2.15. The van der Waals surface area contributed by atoms with Gasteiger partial charge in [-0.25, -0.2) is 0 Å². The monoisotopic (exact) mass is 183 g/mol. The van der Waals surface area contributed by atoms with Gasteiger partial charge < -0.3 is 5.32 Å². The Balaban J connectivity index is 2.23. The minimum absolute atomic E-state index is 0.286. The van der Waals surface area contributed by atoms with Gasteiger partial charge in [0.2, 0.25) is 5.91 Å². The number of rotatable bonds is 3.